The van der Waals surface area contributed by atoms with E-state index in [1.165, 1.54) is 18.4 Å². The standard InChI is InChI=1S/C14H12ClN3/c15-10-5-6-12-13(7-10)18-14(17-12)11(8-16)9-3-1-2-4-9/h5-7H,1-4H2,(H,17,18). The average Bonchev–Trinajstić information content (AvgIpc) is 2.98. The van der Waals surface area contributed by atoms with E-state index in [1.807, 2.05) is 18.2 Å². The third-order valence-electron chi connectivity index (χ3n) is 3.35. The fourth-order valence-corrected chi connectivity index (χ4v) is 2.62. The van der Waals surface area contributed by atoms with Crippen LogP contribution in [-0.2, 0) is 0 Å². The summed E-state index contributed by atoms with van der Waals surface area (Å²) in [5, 5.41) is 10.00. The van der Waals surface area contributed by atoms with E-state index < -0.39 is 0 Å². The molecule has 1 aromatic heterocycles. The van der Waals surface area contributed by atoms with Crippen LogP contribution in [0.25, 0.3) is 16.6 Å². The van der Waals surface area contributed by atoms with Crippen molar-refractivity contribution >= 4 is 28.2 Å². The Hall–Kier alpha value is -1.79. The van der Waals surface area contributed by atoms with Crippen LogP contribution in [0.1, 0.15) is 31.5 Å². The Morgan fingerprint density at radius 2 is 2.11 bits per heavy atom. The van der Waals surface area contributed by atoms with Crippen LogP contribution in [-0.4, -0.2) is 9.97 Å². The number of halogens is 1. The largest absolute Gasteiger partial charge is 0.337 e. The van der Waals surface area contributed by atoms with Crippen LogP contribution in [0.3, 0.4) is 0 Å². The van der Waals surface area contributed by atoms with Crippen molar-refractivity contribution in [3.8, 4) is 6.07 Å². The van der Waals surface area contributed by atoms with Crippen molar-refractivity contribution in [3.05, 3.63) is 34.6 Å². The van der Waals surface area contributed by atoms with Gasteiger partial charge in [-0.3, -0.25) is 0 Å². The lowest BCUT2D eigenvalue weighted by molar-refractivity contribution is 0.886. The fraction of sp³-hybridized carbons (Fsp3) is 0.286. The molecule has 0 atom stereocenters. The number of allylic oxidation sites excluding steroid dienone is 2. The number of H-pyrrole nitrogens is 1. The van der Waals surface area contributed by atoms with Crippen molar-refractivity contribution in [2.45, 2.75) is 25.7 Å². The van der Waals surface area contributed by atoms with Crippen LogP contribution in [0.2, 0.25) is 5.02 Å². The lowest BCUT2D eigenvalue weighted by atomic mass is 10.1. The van der Waals surface area contributed by atoms with Gasteiger partial charge in [-0.2, -0.15) is 5.26 Å². The molecule has 3 nitrogen and oxygen atoms in total. The first kappa shape index (κ1) is 11.3. The molecular weight excluding hydrogens is 246 g/mol. The molecule has 0 unspecified atom stereocenters. The molecule has 1 heterocycles. The topological polar surface area (TPSA) is 52.5 Å². The molecular formula is C14H12ClN3. The molecule has 4 heteroatoms. The Balaban J connectivity index is 2.14. The molecule has 90 valence electrons. The van der Waals surface area contributed by atoms with Gasteiger partial charge in [0.1, 0.15) is 11.9 Å². The number of nitrogens with one attached hydrogen (secondary N) is 1. The number of aromatic nitrogens is 2. The minimum absolute atomic E-state index is 0.671. The molecule has 18 heavy (non-hydrogen) atoms. The van der Waals surface area contributed by atoms with Crippen LogP contribution in [0.5, 0.6) is 0 Å². The number of nitriles is 1. The normalized spacial score (nSPS) is 15.0. The van der Waals surface area contributed by atoms with Crippen molar-refractivity contribution in [1.29, 1.82) is 5.26 Å². The van der Waals surface area contributed by atoms with Crippen molar-refractivity contribution in [2.24, 2.45) is 0 Å². The summed E-state index contributed by atoms with van der Waals surface area (Å²) in [5.41, 5.74) is 3.66. The van der Waals surface area contributed by atoms with Gasteiger partial charge in [-0.25, -0.2) is 4.98 Å². The Kier molecular flexibility index (Phi) is 2.81. The quantitative estimate of drug-likeness (QED) is 0.783. The molecule has 3 rings (SSSR count). The smallest absolute Gasteiger partial charge is 0.149 e. The van der Waals surface area contributed by atoms with Gasteiger partial charge in [0.2, 0.25) is 0 Å². The van der Waals surface area contributed by atoms with Gasteiger partial charge in [0.15, 0.2) is 0 Å². The summed E-state index contributed by atoms with van der Waals surface area (Å²) < 4.78 is 0. The number of hydrogen-bond donors (Lipinski definition) is 1. The minimum atomic E-state index is 0.671. The van der Waals surface area contributed by atoms with E-state index in [9.17, 15) is 5.26 Å². The highest BCUT2D eigenvalue weighted by molar-refractivity contribution is 6.31. The molecule has 0 spiro atoms. The first-order chi connectivity index (χ1) is 8.78. The lowest BCUT2D eigenvalue weighted by Crippen LogP contribution is -1.89. The van der Waals surface area contributed by atoms with E-state index in [1.54, 1.807) is 0 Å². The van der Waals surface area contributed by atoms with Gasteiger partial charge in [0.05, 0.1) is 16.6 Å². The molecule has 1 saturated carbocycles. The van der Waals surface area contributed by atoms with Gasteiger partial charge < -0.3 is 4.98 Å². The van der Waals surface area contributed by atoms with Gasteiger partial charge in [-0.1, -0.05) is 11.6 Å². The second-order valence-corrected chi connectivity index (χ2v) is 4.98. The van der Waals surface area contributed by atoms with Crippen molar-refractivity contribution in [3.63, 3.8) is 0 Å². The third-order valence-corrected chi connectivity index (χ3v) is 3.59. The highest BCUT2D eigenvalue weighted by Crippen LogP contribution is 2.31. The molecule has 0 saturated heterocycles. The van der Waals surface area contributed by atoms with Crippen molar-refractivity contribution in [2.75, 3.05) is 0 Å². The number of imidazole rings is 1. The first-order valence-electron chi connectivity index (χ1n) is 6.05. The number of nitrogens with zero attached hydrogens (tertiary/aromatic N) is 2. The molecule has 0 aliphatic heterocycles. The zero-order valence-corrected chi connectivity index (χ0v) is 10.6. The van der Waals surface area contributed by atoms with Crippen molar-refractivity contribution < 1.29 is 0 Å². The van der Waals surface area contributed by atoms with E-state index in [0.29, 0.717) is 16.4 Å². The number of rotatable bonds is 1. The monoisotopic (exact) mass is 257 g/mol. The zero-order chi connectivity index (χ0) is 12.5. The molecule has 1 N–H and O–H groups in total. The molecule has 0 bridgehead atoms. The maximum Gasteiger partial charge on any atom is 0.149 e. The van der Waals surface area contributed by atoms with Crippen LogP contribution >= 0.6 is 11.6 Å². The Morgan fingerprint density at radius 1 is 1.33 bits per heavy atom. The summed E-state index contributed by atoms with van der Waals surface area (Å²) in [5.74, 6) is 0.673. The Labute approximate surface area is 110 Å². The molecule has 2 aromatic rings. The van der Waals surface area contributed by atoms with Gasteiger partial charge in [0.25, 0.3) is 0 Å². The summed E-state index contributed by atoms with van der Waals surface area (Å²) in [4.78, 5) is 7.66. The van der Waals surface area contributed by atoms with Gasteiger partial charge >= 0.3 is 0 Å². The number of benzene rings is 1. The summed E-state index contributed by atoms with van der Waals surface area (Å²) >= 11 is 5.94. The molecule has 1 aromatic carbocycles. The van der Waals surface area contributed by atoms with E-state index in [2.05, 4.69) is 16.0 Å². The van der Waals surface area contributed by atoms with E-state index >= 15 is 0 Å². The van der Waals surface area contributed by atoms with E-state index in [4.69, 9.17) is 11.6 Å². The van der Waals surface area contributed by atoms with Crippen LogP contribution < -0.4 is 0 Å². The van der Waals surface area contributed by atoms with Gasteiger partial charge in [0, 0.05) is 5.02 Å². The predicted octanol–water partition coefficient (Wildman–Crippen LogP) is 4.07. The number of aromatic amines is 1. The lowest BCUT2D eigenvalue weighted by Gasteiger charge is -1.98. The van der Waals surface area contributed by atoms with Crippen LogP contribution in [0.15, 0.2) is 23.8 Å². The average molecular weight is 258 g/mol. The van der Waals surface area contributed by atoms with E-state index in [-0.39, 0.29) is 0 Å². The Bertz CT molecular complexity index is 668. The van der Waals surface area contributed by atoms with E-state index in [0.717, 1.165) is 23.9 Å². The number of hydrogen-bond acceptors (Lipinski definition) is 2. The maximum absolute atomic E-state index is 9.33. The third kappa shape index (κ3) is 1.89. The number of fused-ring (bicyclic) bond motifs is 1. The second kappa shape index (κ2) is 4.47. The van der Waals surface area contributed by atoms with Crippen LogP contribution in [0, 0.1) is 11.3 Å². The second-order valence-electron chi connectivity index (χ2n) is 4.54. The molecule has 0 radical (unpaired) electrons. The highest BCUT2D eigenvalue weighted by Gasteiger charge is 2.16. The summed E-state index contributed by atoms with van der Waals surface area (Å²) in [6.45, 7) is 0. The first-order valence-corrected chi connectivity index (χ1v) is 6.43. The Morgan fingerprint density at radius 3 is 2.83 bits per heavy atom. The molecule has 1 fully saturated rings. The maximum atomic E-state index is 9.33. The summed E-state index contributed by atoms with van der Waals surface area (Å²) in [6.07, 6.45) is 4.38. The van der Waals surface area contributed by atoms with Gasteiger partial charge in [-0.15, -0.1) is 0 Å². The fourth-order valence-electron chi connectivity index (χ4n) is 2.45. The highest BCUT2D eigenvalue weighted by atomic mass is 35.5. The molecule has 0 amide bonds. The summed E-state index contributed by atoms with van der Waals surface area (Å²) in [7, 11) is 0. The predicted molar refractivity (Wildman–Crippen MR) is 72.1 cm³/mol. The summed E-state index contributed by atoms with van der Waals surface area (Å²) in [6, 6.07) is 7.80. The zero-order valence-electron chi connectivity index (χ0n) is 9.83. The van der Waals surface area contributed by atoms with Crippen LogP contribution in [0.4, 0.5) is 0 Å². The minimum Gasteiger partial charge on any atom is -0.337 e. The van der Waals surface area contributed by atoms with Crippen molar-refractivity contribution in [1.82, 2.24) is 9.97 Å². The molecule has 1 aliphatic rings. The molecule has 1 aliphatic carbocycles. The van der Waals surface area contributed by atoms with Gasteiger partial charge in [-0.05, 0) is 49.5 Å². The SMILES string of the molecule is N#CC(=C1CCCC1)c1nc2ccc(Cl)cc2[nH]1.